The van der Waals surface area contributed by atoms with E-state index >= 15 is 0 Å². The number of ether oxygens (including phenoxy) is 2. The highest BCUT2D eigenvalue weighted by Crippen LogP contribution is 2.29. The first-order valence-corrected chi connectivity index (χ1v) is 6.42. The van der Waals surface area contributed by atoms with E-state index in [1.54, 1.807) is 0 Å². The van der Waals surface area contributed by atoms with Crippen molar-refractivity contribution in [2.75, 3.05) is 24.7 Å². The van der Waals surface area contributed by atoms with Crippen LogP contribution in [0, 0.1) is 0 Å². The molecule has 2 fully saturated rings. The number of carbonyl (C=O) groups is 1. The fourth-order valence-corrected chi connectivity index (χ4v) is 3.06. The van der Waals surface area contributed by atoms with Gasteiger partial charge in [-0.25, -0.2) is 4.79 Å². The molecule has 0 amide bonds. The molecule has 2 heterocycles. The van der Waals surface area contributed by atoms with Crippen LogP contribution in [0.2, 0.25) is 0 Å². The molecule has 0 atom stereocenters. The summed E-state index contributed by atoms with van der Waals surface area (Å²) in [7, 11) is 3.98. The van der Waals surface area contributed by atoms with E-state index < -0.39 is 6.16 Å². The van der Waals surface area contributed by atoms with Crippen LogP contribution >= 0.6 is 21.6 Å². The Bertz CT molecular complexity index is 121. The van der Waals surface area contributed by atoms with Crippen LogP contribution in [0.4, 0.5) is 4.79 Å². The largest absolute Gasteiger partial charge is 0.508 e. The second-order valence-corrected chi connectivity index (χ2v) is 5.00. The molecule has 0 aromatic heterocycles. The summed E-state index contributed by atoms with van der Waals surface area (Å²) in [5, 5.41) is 0. The van der Waals surface area contributed by atoms with E-state index in [0.717, 1.165) is 6.42 Å². The van der Waals surface area contributed by atoms with E-state index in [2.05, 4.69) is 9.47 Å². The molecule has 0 radical (unpaired) electrons. The predicted molar refractivity (Wildman–Crippen MR) is 51.5 cm³/mol. The van der Waals surface area contributed by atoms with Gasteiger partial charge >= 0.3 is 6.16 Å². The normalized spacial score (nSPS) is 21.8. The molecular formula is C7H12O3S2. The van der Waals surface area contributed by atoms with Gasteiger partial charge in [-0.1, -0.05) is 21.6 Å². The summed E-state index contributed by atoms with van der Waals surface area (Å²) in [6.07, 6.45) is 1.72. The van der Waals surface area contributed by atoms with Gasteiger partial charge in [0.05, 0.1) is 13.2 Å². The maximum Gasteiger partial charge on any atom is 0.508 e. The Labute approximate surface area is 80.0 Å². The van der Waals surface area contributed by atoms with Crippen molar-refractivity contribution >= 4 is 27.7 Å². The second kappa shape index (κ2) is 6.48. The molecule has 3 nitrogen and oxygen atoms in total. The van der Waals surface area contributed by atoms with E-state index in [1.807, 2.05) is 21.6 Å². The molecule has 2 aliphatic rings. The lowest BCUT2D eigenvalue weighted by Crippen LogP contribution is -2.16. The zero-order chi connectivity index (χ0) is 8.65. The predicted octanol–water partition coefficient (Wildman–Crippen LogP) is 2.31. The molecule has 0 aliphatic carbocycles. The fourth-order valence-electron chi connectivity index (χ4n) is 0.706. The zero-order valence-electron chi connectivity index (χ0n) is 6.78. The molecule has 0 spiro atoms. The molecule has 2 aliphatic heterocycles. The van der Waals surface area contributed by atoms with Crippen LogP contribution in [-0.2, 0) is 9.47 Å². The summed E-state index contributed by atoms with van der Waals surface area (Å²) in [5.74, 6) is 2.76. The first-order chi connectivity index (χ1) is 5.89. The van der Waals surface area contributed by atoms with Gasteiger partial charge in [0.1, 0.15) is 0 Å². The van der Waals surface area contributed by atoms with Gasteiger partial charge in [0.15, 0.2) is 0 Å². The van der Waals surface area contributed by atoms with Crippen LogP contribution in [0.5, 0.6) is 0 Å². The number of carbonyl (C=O) groups excluding carboxylic acids is 1. The van der Waals surface area contributed by atoms with Crippen molar-refractivity contribution in [3.05, 3.63) is 0 Å². The van der Waals surface area contributed by atoms with Crippen LogP contribution in [0.1, 0.15) is 12.8 Å². The van der Waals surface area contributed by atoms with Gasteiger partial charge in [-0.15, -0.1) is 0 Å². The third-order valence-electron chi connectivity index (χ3n) is 1.27. The molecule has 0 unspecified atom stereocenters. The van der Waals surface area contributed by atoms with Gasteiger partial charge in [0, 0.05) is 17.9 Å². The summed E-state index contributed by atoms with van der Waals surface area (Å²) in [6, 6.07) is 0. The molecular weight excluding hydrogens is 196 g/mol. The summed E-state index contributed by atoms with van der Waals surface area (Å²) < 4.78 is 8.83. The summed E-state index contributed by atoms with van der Waals surface area (Å²) >= 11 is 0. The summed E-state index contributed by atoms with van der Waals surface area (Å²) in [5.41, 5.74) is 0. The third-order valence-corrected chi connectivity index (χ3v) is 3.84. The molecule has 0 bridgehead atoms. The maximum absolute atomic E-state index is 10.0. The lowest BCUT2D eigenvalue weighted by atomic mass is 10.5. The van der Waals surface area contributed by atoms with Crippen LogP contribution in [0.25, 0.3) is 0 Å². The molecule has 0 saturated carbocycles. The maximum atomic E-state index is 10.0. The number of cyclic esters (lactones) is 2. The van der Waals surface area contributed by atoms with Crippen molar-refractivity contribution < 1.29 is 14.3 Å². The Morgan fingerprint density at radius 2 is 1.58 bits per heavy atom. The SMILES string of the molecule is C1CSSC1.O=C1OCCCO1. The van der Waals surface area contributed by atoms with Gasteiger partial charge in [-0.3, -0.25) is 0 Å². The zero-order valence-corrected chi connectivity index (χ0v) is 8.42. The van der Waals surface area contributed by atoms with Gasteiger partial charge < -0.3 is 9.47 Å². The minimum absolute atomic E-state index is 0.513. The number of rotatable bonds is 0. The smallest absolute Gasteiger partial charge is 0.434 e. The van der Waals surface area contributed by atoms with Crippen molar-refractivity contribution in [3.63, 3.8) is 0 Å². The van der Waals surface area contributed by atoms with E-state index in [1.165, 1.54) is 17.9 Å². The fraction of sp³-hybridized carbons (Fsp3) is 0.857. The minimum Gasteiger partial charge on any atom is -0.434 e. The Balaban J connectivity index is 0.000000127. The van der Waals surface area contributed by atoms with Gasteiger partial charge in [0.2, 0.25) is 0 Å². The average Bonchev–Trinajstić information content (AvgIpc) is 2.62. The molecule has 5 heteroatoms. The highest BCUT2D eigenvalue weighted by Gasteiger charge is 2.07. The molecule has 12 heavy (non-hydrogen) atoms. The Kier molecular flexibility index (Phi) is 5.43. The molecule has 0 aromatic carbocycles. The second-order valence-electron chi connectivity index (χ2n) is 2.30. The number of hydrogen-bond acceptors (Lipinski definition) is 5. The third kappa shape index (κ3) is 4.77. The van der Waals surface area contributed by atoms with Crippen molar-refractivity contribution in [3.8, 4) is 0 Å². The average molecular weight is 208 g/mol. The highest BCUT2D eigenvalue weighted by atomic mass is 33.1. The van der Waals surface area contributed by atoms with E-state index in [0.29, 0.717) is 13.2 Å². The first kappa shape index (κ1) is 10.1. The summed E-state index contributed by atoms with van der Waals surface area (Å²) in [4.78, 5) is 10.0. The van der Waals surface area contributed by atoms with Gasteiger partial charge in [-0.2, -0.15) is 0 Å². The molecule has 70 valence electrons. The standard InChI is InChI=1S/C4H6O3.C3H6S2/c5-4-6-2-1-3-7-4;1-2-4-5-3-1/h1-3H2;1-3H2. The molecule has 0 N–H and O–H groups in total. The molecule has 2 saturated heterocycles. The van der Waals surface area contributed by atoms with Crippen molar-refractivity contribution in [1.82, 2.24) is 0 Å². The topological polar surface area (TPSA) is 35.5 Å². The quantitative estimate of drug-likeness (QED) is 0.451. The van der Waals surface area contributed by atoms with Crippen LogP contribution < -0.4 is 0 Å². The lowest BCUT2D eigenvalue weighted by Gasteiger charge is -2.09. The monoisotopic (exact) mass is 208 g/mol. The van der Waals surface area contributed by atoms with Crippen molar-refractivity contribution in [2.24, 2.45) is 0 Å². The van der Waals surface area contributed by atoms with Crippen LogP contribution in [-0.4, -0.2) is 30.9 Å². The minimum atomic E-state index is -0.536. The van der Waals surface area contributed by atoms with Gasteiger partial charge in [0.25, 0.3) is 0 Å². The lowest BCUT2D eigenvalue weighted by molar-refractivity contribution is 0.0192. The Morgan fingerprint density at radius 1 is 1.00 bits per heavy atom. The Hall–Kier alpha value is -0.0300. The Morgan fingerprint density at radius 3 is 1.83 bits per heavy atom. The number of hydrogen-bond donors (Lipinski definition) is 0. The van der Waals surface area contributed by atoms with Crippen molar-refractivity contribution in [2.45, 2.75) is 12.8 Å². The van der Waals surface area contributed by atoms with E-state index in [-0.39, 0.29) is 0 Å². The van der Waals surface area contributed by atoms with Crippen LogP contribution in [0.15, 0.2) is 0 Å². The first-order valence-electron chi connectivity index (χ1n) is 3.93. The molecule has 0 aromatic rings. The van der Waals surface area contributed by atoms with Crippen LogP contribution in [0.3, 0.4) is 0 Å². The van der Waals surface area contributed by atoms with E-state index in [4.69, 9.17) is 0 Å². The van der Waals surface area contributed by atoms with E-state index in [9.17, 15) is 4.79 Å². The molecule has 2 rings (SSSR count). The highest BCUT2D eigenvalue weighted by molar-refractivity contribution is 8.77. The van der Waals surface area contributed by atoms with Crippen molar-refractivity contribution in [1.29, 1.82) is 0 Å². The van der Waals surface area contributed by atoms with Gasteiger partial charge in [-0.05, 0) is 6.42 Å². The summed E-state index contributed by atoms with van der Waals surface area (Å²) in [6.45, 7) is 1.03.